The molecular formula is C14H13NO4S. The number of thiophene rings is 1. The minimum Gasteiger partial charge on any atom is -0.508 e. The SMILES string of the molecule is Cc1csc(C(=O)O)c1NC(=O)Cc1cccc(O)c1. The molecule has 1 aromatic heterocycles. The molecule has 0 aliphatic rings. The van der Waals surface area contributed by atoms with Gasteiger partial charge in [0.15, 0.2) is 0 Å². The molecule has 6 heteroatoms. The Kier molecular flexibility index (Phi) is 4.05. The summed E-state index contributed by atoms with van der Waals surface area (Å²) in [5, 5.41) is 22.7. The van der Waals surface area contributed by atoms with Crippen LogP contribution in [0.5, 0.6) is 5.75 Å². The first-order chi connectivity index (χ1) is 9.47. The van der Waals surface area contributed by atoms with Gasteiger partial charge >= 0.3 is 5.97 Å². The number of carboxylic acid groups (broad SMARTS) is 1. The Morgan fingerprint density at radius 2 is 2.10 bits per heavy atom. The van der Waals surface area contributed by atoms with Crippen LogP contribution >= 0.6 is 11.3 Å². The normalized spacial score (nSPS) is 10.2. The Balaban J connectivity index is 2.12. The van der Waals surface area contributed by atoms with Crippen molar-refractivity contribution in [3.8, 4) is 5.75 Å². The van der Waals surface area contributed by atoms with Gasteiger partial charge in [0, 0.05) is 0 Å². The highest BCUT2D eigenvalue weighted by Crippen LogP contribution is 2.27. The van der Waals surface area contributed by atoms with Crippen LogP contribution in [0, 0.1) is 6.92 Å². The number of benzene rings is 1. The largest absolute Gasteiger partial charge is 0.508 e. The zero-order valence-corrected chi connectivity index (χ0v) is 11.5. The highest BCUT2D eigenvalue weighted by Gasteiger charge is 2.17. The van der Waals surface area contributed by atoms with Gasteiger partial charge in [-0.2, -0.15) is 0 Å². The molecule has 5 nitrogen and oxygen atoms in total. The van der Waals surface area contributed by atoms with Crippen LogP contribution in [-0.2, 0) is 11.2 Å². The van der Waals surface area contributed by atoms with Crippen molar-refractivity contribution in [1.29, 1.82) is 0 Å². The number of aromatic hydroxyl groups is 1. The predicted molar refractivity (Wildman–Crippen MR) is 76.5 cm³/mol. The third-order valence-corrected chi connectivity index (χ3v) is 3.79. The number of hydrogen-bond acceptors (Lipinski definition) is 4. The van der Waals surface area contributed by atoms with Crippen LogP contribution in [0.2, 0.25) is 0 Å². The van der Waals surface area contributed by atoms with Gasteiger partial charge in [-0.1, -0.05) is 12.1 Å². The fraction of sp³-hybridized carbons (Fsp3) is 0.143. The molecule has 0 radical (unpaired) electrons. The molecule has 0 spiro atoms. The van der Waals surface area contributed by atoms with Crippen molar-refractivity contribution >= 4 is 28.9 Å². The van der Waals surface area contributed by atoms with Crippen LogP contribution in [0.25, 0.3) is 0 Å². The third-order valence-electron chi connectivity index (χ3n) is 2.71. The van der Waals surface area contributed by atoms with Gasteiger partial charge in [0.2, 0.25) is 5.91 Å². The average Bonchev–Trinajstić information content (AvgIpc) is 2.71. The Hall–Kier alpha value is -2.34. The molecule has 20 heavy (non-hydrogen) atoms. The van der Waals surface area contributed by atoms with Gasteiger partial charge in [-0.05, 0) is 35.6 Å². The van der Waals surface area contributed by atoms with Crippen LogP contribution in [0.3, 0.4) is 0 Å². The quantitative estimate of drug-likeness (QED) is 0.808. The molecule has 1 heterocycles. The number of carboxylic acids is 1. The maximum atomic E-state index is 11.9. The van der Waals surface area contributed by atoms with E-state index in [1.165, 1.54) is 12.1 Å². The highest BCUT2D eigenvalue weighted by atomic mass is 32.1. The van der Waals surface area contributed by atoms with Gasteiger partial charge in [-0.25, -0.2) is 4.79 Å². The first-order valence-corrected chi connectivity index (χ1v) is 6.74. The number of aromatic carboxylic acids is 1. The number of amides is 1. The lowest BCUT2D eigenvalue weighted by molar-refractivity contribution is -0.115. The molecule has 2 rings (SSSR count). The van der Waals surface area contributed by atoms with E-state index < -0.39 is 5.97 Å². The molecule has 0 bridgehead atoms. The van der Waals surface area contributed by atoms with Crippen molar-refractivity contribution < 1.29 is 19.8 Å². The van der Waals surface area contributed by atoms with Crippen molar-refractivity contribution in [2.75, 3.05) is 5.32 Å². The van der Waals surface area contributed by atoms with E-state index in [1.807, 2.05) is 0 Å². The molecular weight excluding hydrogens is 278 g/mol. The fourth-order valence-electron chi connectivity index (χ4n) is 1.79. The molecule has 2 aromatic rings. The summed E-state index contributed by atoms with van der Waals surface area (Å²) in [7, 11) is 0. The maximum absolute atomic E-state index is 11.9. The monoisotopic (exact) mass is 291 g/mol. The van der Waals surface area contributed by atoms with Crippen molar-refractivity contribution in [3.63, 3.8) is 0 Å². The van der Waals surface area contributed by atoms with E-state index in [2.05, 4.69) is 5.32 Å². The van der Waals surface area contributed by atoms with Gasteiger partial charge < -0.3 is 15.5 Å². The van der Waals surface area contributed by atoms with Gasteiger partial charge in [0.05, 0.1) is 12.1 Å². The van der Waals surface area contributed by atoms with E-state index in [9.17, 15) is 14.7 Å². The van der Waals surface area contributed by atoms with Crippen molar-refractivity contribution in [3.05, 3.63) is 45.6 Å². The molecule has 0 fully saturated rings. The number of rotatable bonds is 4. The summed E-state index contributed by atoms with van der Waals surface area (Å²) < 4.78 is 0. The first-order valence-electron chi connectivity index (χ1n) is 5.86. The van der Waals surface area contributed by atoms with Gasteiger partial charge in [0.1, 0.15) is 10.6 Å². The molecule has 1 amide bonds. The fourth-order valence-corrected chi connectivity index (χ4v) is 2.64. The number of nitrogens with one attached hydrogen (secondary N) is 1. The molecule has 0 saturated heterocycles. The molecule has 0 aliphatic carbocycles. The number of phenolic OH excluding ortho intramolecular Hbond substituents is 1. The van der Waals surface area contributed by atoms with E-state index in [0.29, 0.717) is 11.3 Å². The number of carbonyl (C=O) groups excluding carboxylic acids is 1. The zero-order valence-electron chi connectivity index (χ0n) is 10.7. The summed E-state index contributed by atoms with van der Waals surface area (Å²) in [6.45, 7) is 1.74. The Morgan fingerprint density at radius 3 is 2.75 bits per heavy atom. The molecule has 3 N–H and O–H groups in total. The van der Waals surface area contributed by atoms with Gasteiger partial charge in [-0.15, -0.1) is 11.3 Å². The van der Waals surface area contributed by atoms with E-state index in [1.54, 1.807) is 24.4 Å². The zero-order chi connectivity index (χ0) is 14.7. The summed E-state index contributed by atoms with van der Waals surface area (Å²) >= 11 is 1.08. The van der Waals surface area contributed by atoms with E-state index in [4.69, 9.17) is 5.11 Å². The smallest absolute Gasteiger partial charge is 0.348 e. The minimum atomic E-state index is -1.06. The second-order valence-electron chi connectivity index (χ2n) is 4.32. The molecule has 0 unspecified atom stereocenters. The number of phenols is 1. The molecule has 0 aliphatic heterocycles. The standard InChI is InChI=1S/C14H13NO4S/c1-8-7-20-13(14(18)19)12(8)15-11(17)6-9-3-2-4-10(16)5-9/h2-5,7,16H,6H2,1H3,(H,15,17)(H,18,19). The number of hydrogen-bond donors (Lipinski definition) is 3. The molecule has 1 aromatic carbocycles. The second kappa shape index (κ2) is 5.75. The minimum absolute atomic E-state index is 0.0722. The van der Waals surface area contributed by atoms with E-state index in [0.717, 1.165) is 16.9 Å². The average molecular weight is 291 g/mol. The first kappa shape index (κ1) is 14.1. The van der Waals surface area contributed by atoms with E-state index in [-0.39, 0.29) is 23.0 Å². The van der Waals surface area contributed by atoms with E-state index >= 15 is 0 Å². The van der Waals surface area contributed by atoms with Gasteiger partial charge in [-0.3, -0.25) is 4.79 Å². The highest BCUT2D eigenvalue weighted by molar-refractivity contribution is 7.12. The van der Waals surface area contributed by atoms with Gasteiger partial charge in [0.25, 0.3) is 0 Å². The third kappa shape index (κ3) is 3.16. The lowest BCUT2D eigenvalue weighted by Crippen LogP contribution is -2.16. The lowest BCUT2D eigenvalue weighted by atomic mass is 10.1. The van der Waals surface area contributed by atoms with Crippen LogP contribution in [0.4, 0.5) is 5.69 Å². The lowest BCUT2D eigenvalue weighted by Gasteiger charge is -2.06. The van der Waals surface area contributed by atoms with Crippen LogP contribution in [-0.4, -0.2) is 22.1 Å². The van der Waals surface area contributed by atoms with Crippen molar-refractivity contribution in [2.45, 2.75) is 13.3 Å². The number of carbonyl (C=O) groups is 2. The Labute approximate surface area is 119 Å². The summed E-state index contributed by atoms with van der Waals surface area (Å²) in [5.41, 5.74) is 1.72. The predicted octanol–water partition coefficient (Wildman–Crippen LogP) is 2.64. The summed E-state index contributed by atoms with van der Waals surface area (Å²) in [4.78, 5) is 23.1. The molecule has 104 valence electrons. The molecule has 0 atom stereocenters. The maximum Gasteiger partial charge on any atom is 0.348 e. The topological polar surface area (TPSA) is 86.6 Å². The molecule has 0 saturated carbocycles. The van der Waals surface area contributed by atoms with Crippen LogP contribution < -0.4 is 5.32 Å². The summed E-state index contributed by atoms with van der Waals surface area (Å²) in [6, 6.07) is 6.39. The summed E-state index contributed by atoms with van der Waals surface area (Å²) in [6.07, 6.45) is 0.0722. The van der Waals surface area contributed by atoms with Crippen molar-refractivity contribution in [1.82, 2.24) is 0 Å². The summed E-state index contributed by atoms with van der Waals surface area (Å²) in [5.74, 6) is -1.29. The van der Waals surface area contributed by atoms with Crippen molar-refractivity contribution in [2.24, 2.45) is 0 Å². The van der Waals surface area contributed by atoms with Crippen LogP contribution in [0.15, 0.2) is 29.6 Å². The number of anilines is 1. The number of aryl methyl sites for hydroxylation is 1. The second-order valence-corrected chi connectivity index (χ2v) is 5.20. The Morgan fingerprint density at radius 1 is 1.35 bits per heavy atom. The Bertz CT molecular complexity index is 663. The van der Waals surface area contributed by atoms with Crippen LogP contribution in [0.1, 0.15) is 20.8 Å².